The van der Waals surface area contributed by atoms with E-state index in [1.165, 1.54) is 0 Å². The van der Waals surface area contributed by atoms with Crippen LogP contribution in [0, 0.1) is 0 Å². The van der Waals surface area contributed by atoms with Crippen molar-refractivity contribution >= 4 is 19.5 Å². The molecule has 1 heterocycles. The molecular weight excluding hydrogens is 175 g/mol. The van der Waals surface area contributed by atoms with E-state index in [0.717, 1.165) is 0 Å². The molecule has 11 heavy (non-hydrogen) atoms. The summed E-state index contributed by atoms with van der Waals surface area (Å²) in [4.78, 5) is 41.1. The Balaban J connectivity index is 2.84. The lowest BCUT2D eigenvalue weighted by atomic mass is 10.6. The van der Waals surface area contributed by atoms with E-state index in [0.29, 0.717) is 0 Å². The molecule has 0 aromatic rings. The summed E-state index contributed by atoms with van der Waals surface area (Å²) >= 11 is 0. The molecular formula is C3H3N2O5P-2. The second-order valence-corrected chi connectivity index (χ2v) is 3.50. The van der Waals surface area contributed by atoms with Crippen molar-refractivity contribution in [2.75, 3.05) is 0 Å². The molecule has 1 atom stereocenters. The van der Waals surface area contributed by atoms with Crippen LogP contribution >= 0.6 is 7.60 Å². The fourth-order valence-electron chi connectivity index (χ4n) is 0.629. The summed E-state index contributed by atoms with van der Waals surface area (Å²) in [6, 6.07) is -0.966. The van der Waals surface area contributed by atoms with E-state index < -0.39 is 25.3 Å². The van der Waals surface area contributed by atoms with Gasteiger partial charge in [-0.05, 0) is 7.60 Å². The van der Waals surface area contributed by atoms with E-state index in [9.17, 15) is 23.9 Å². The van der Waals surface area contributed by atoms with Gasteiger partial charge in [0.2, 0.25) is 0 Å². The zero-order valence-electron chi connectivity index (χ0n) is 5.07. The highest BCUT2D eigenvalue weighted by molar-refractivity contribution is 7.50. The third kappa shape index (κ3) is 1.56. The Morgan fingerprint density at radius 3 is 2.09 bits per heavy atom. The number of urea groups is 1. The van der Waals surface area contributed by atoms with Crippen LogP contribution in [0.1, 0.15) is 0 Å². The Morgan fingerprint density at radius 2 is 1.91 bits per heavy atom. The maximum Gasteiger partial charge on any atom is 0.322 e. The van der Waals surface area contributed by atoms with E-state index >= 15 is 0 Å². The van der Waals surface area contributed by atoms with Gasteiger partial charge in [0.15, 0.2) is 0 Å². The van der Waals surface area contributed by atoms with Gasteiger partial charge in [0.1, 0.15) is 5.78 Å². The molecule has 1 saturated heterocycles. The molecule has 62 valence electrons. The van der Waals surface area contributed by atoms with Gasteiger partial charge >= 0.3 is 6.03 Å². The van der Waals surface area contributed by atoms with Crippen LogP contribution in [0.25, 0.3) is 0 Å². The van der Waals surface area contributed by atoms with Crippen molar-refractivity contribution in [1.82, 2.24) is 10.6 Å². The minimum absolute atomic E-state index is 0.966. The Kier molecular flexibility index (Phi) is 1.71. The van der Waals surface area contributed by atoms with Crippen molar-refractivity contribution in [2.24, 2.45) is 0 Å². The smallest absolute Gasteiger partial charge is 0.322 e. The Hall–Kier alpha value is -0.910. The number of hydrogen-bond donors (Lipinski definition) is 2. The minimum Gasteiger partial charge on any atom is -0.809 e. The molecule has 0 aromatic carbocycles. The highest BCUT2D eigenvalue weighted by atomic mass is 31.2. The standard InChI is InChI=1S/C3H5N2O5P/c6-1-2(11(8,9)10)5-3(7)4-1/h2H,(H2,8,9,10)(H2,4,5,6,7)/p-2. The van der Waals surface area contributed by atoms with Crippen molar-refractivity contribution in [3.05, 3.63) is 0 Å². The third-order valence-electron chi connectivity index (χ3n) is 1.07. The first-order valence-electron chi connectivity index (χ1n) is 2.54. The summed E-state index contributed by atoms with van der Waals surface area (Å²) in [7, 11) is -5.05. The predicted molar refractivity (Wildman–Crippen MR) is 28.1 cm³/mol. The molecule has 0 aliphatic carbocycles. The van der Waals surface area contributed by atoms with Crippen LogP contribution in [0.5, 0.6) is 0 Å². The van der Waals surface area contributed by atoms with Crippen LogP contribution in [0.4, 0.5) is 4.79 Å². The Morgan fingerprint density at radius 1 is 1.36 bits per heavy atom. The highest BCUT2D eigenvalue weighted by Gasteiger charge is 2.31. The van der Waals surface area contributed by atoms with E-state index in [2.05, 4.69) is 0 Å². The van der Waals surface area contributed by atoms with Crippen molar-refractivity contribution in [1.29, 1.82) is 0 Å². The van der Waals surface area contributed by atoms with Gasteiger partial charge in [0.25, 0.3) is 5.91 Å². The van der Waals surface area contributed by atoms with Crippen molar-refractivity contribution in [3.8, 4) is 0 Å². The second kappa shape index (κ2) is 2.30. The van der Waals surface area contributed by atoms with Crippen LogP contribution in [-0.4, -0.2) is 17.7 Å². The highest BCUT2D eigenvalue weighted by Crippen LogP contribution is 2.30. The van der Waals surface area contributed by atoms with Crippen LogP contribution in [-0.2, 0) is 9.36 Å². The molecule has 0 saturated carbocycles. The lowest BCUT2D eigenvalue weighted by Crippen LogP contribution is -2.38. The van der Waals surface area contributed by atoms with Gasteiger partial charge in [-0.1, -0.05) is 0 Å². The van der Waals surface area contributed by atoms with Gasteiger partial charge in [-0.3, -0.25) is 10.1 Å². The number of carbonyl (C=O) groups excluding carboxylic acids is 2. The van der Waals surface area contributed by atoms with E-state index in [4.69, 9.17) is 0 Å². The largest absolute Gasteiger partial charge is 0.809 e. The maximum absolute atomic E-state index is 10.5. The molecule has 3 amide bonds. The van der Waals surface area contributed by atoms with E-state index in [1.54, 1.807) is 10.6 Å². The molecule has 1 aliphatic rings. The normalized spacial score (nSPS) is 24.7. The Bertz CT molecular complexity index is 256. The fourth-order valence-corrected chi connectivity index (χ4v) is 1.26. The number of hydrogen-bond acceptors (Lipinski definition) is 5. The third-order valence-corrected chi connectivity index (χ3v) is 2.07. The van der Waals surface area contributed by atoms with E-state index in [-0.39, 0.29) is 0 Å². The molecule has 0 radical (unpaired) electrons. The molecule has 0 spiro atoms. The second-order valence-electron chi connectivity index (χ2n) is 1.91. The molecule has 1 aliphatic heterocycles. The summed E-state index contributed by atoms with van der Waals surface area (Å²) in [5.74, 6) is -3.07. The van der Waals surface area contributed by atoms with Crippen molar-refractivity contribution in [3.63, 3.8) is 0 Å². The fraction of sp³-hybridized carbons (Fsp3) is 0.333. The van der Waals surface area contributed by atoms with Gasteiger partial charge < -0.3 is 19.7 Å². The average molecular weight is 178 g/mol. The first kappa shape index (κ1) is 8.19. The van der Waals surface area contributed by atoms with Crippen molar-refractivity contribution < 1.29 is 23.9 Å². The summed E-state index contributed by atoms with van der Waals surface area (Å²) in [6.07, 6.45) is 0. The lowest BCUT2D eigenvalue weighted by Gasteiger charge is -2.33. The summed E-state index contributed by atoms with van der Waals surface area (Å²) < 4.78 is 10.2. The number of rotatable bonds is 1. The van der Waals surface area contributed by atoms with E-state index in [1.807, 2.05) is 0 Å². The number of carbonyl (C=O) groups is 2. The van der Waals surface area contributed by atoms with Gasteiger partial charge in [-0.25, -0.2) is 4.79 Å². The summed E-state index contributed by atoms with van der Waals surface area (Å²) in [6.45, 7) is 0. The maximum atomic E-state index is 10.5. The molecule has 1 rings (SSSR count). The van der Waals surface area contributed by atoms with Crippen LogP contribution in [0.3, 0.4) is 0 Å². The number of imide groups is 1. The molecule has 8 heteroatoms. The summed E-state index contributed by atoms with van der Waals surface area (Å²) in [5, 5.41) is 3.27. The molecule has 7 nitrogen and oxygen atoms in total. The van der Waals surface area contributed by atoms with Gasteiger partial charge in [0, 0.05) is 0 Å². The molecule has 0 aromatic heterocycles. The summed E-state index contributed by atoms with van der Waals surface area (Å²) in [5.41, 5.74) is 0. The van der Waals surface area contributed by atoms with Crippen LogP contribution < -0.4 is 20.4 Å². The average Bonchev–Trinajstić information content (AvgIpc) is 2.08. The molecule has 1 unspecified atom stereocenters. The van der Waals surface area contributed by atoms with Crippen molar-refractivity contribution in [2.45, 2.75) is 5.78 Å². The minimum atomic E-state index is -5.05. The molecule has 1 fully saturated rings. The monoisotopic (exact) mass is 178 g/mol. The zero-order chi connectivity index (χ0) is 8.65. The number of amides is 3. The number of nitrogens with one attached hydrogen (secondary N) is 2. The van der Waals surface area contributed by atoms with Crippen LogP contribution in [0.2, 0.25) is 0 Å². The van der Waals surface area contributed by atoms with Gasteiger partial charge in [0.05, 0.1) is 0 Å². The van der Waals surface area contributed by atoms with Gasteiger partial charge in [-0.2, -0.15) is 0 Å². The van der Waals surface area contributed by atoms with Crippen LogP contribution in [0.15, 0.2) is 0 Å². The lowest BCUT2D eigenvalue weighted by molar-refractivity contribution is -0.315. The molecule has 2 N–H and O–H groups in total. The zero-order valence-corrected chi connectivity index (χ0v) is 5.96. The first-order chi connectivity index (χ1) is 4.91. The van der Waals surface area contributed by atoms with Gasteiger partial charge in [-0.15, -0.1) is 0 Å². The quantitative estimate of drug-likeness (QED) is 0.328. The SMILES string of the molecule is O=C1NC(=O)C(P(=O)([O-])[O-])N1. The Labute approximate surface area is 60.9 Å². The topological polar surface area (TPSA) is 121 Å². The predicted octanol–water partition coefficient (Wildman–Crippen LogP) is -2.93. The first-order valence-corrected chi connectivity index (χ1v) is 4.15. The molecule has 0 bridgehead atoms.